The molecule has 3 aliphatic carbocycles. The topological polar surface area (TPSA) is 0 Å². The van der Waals surface area contributed by atoms with E-state index in [0.29, 0.717) is 0 Å². The van der Waals surface area contributed by atoms with Gasteiger partial charge in [0.1, 0.15) is 0 Å². The van der Waals surface area contributed by atoms with Crippen LogP contribution in [0.3, 0.4) is 0 Å². The predicted octanol–water partition coefficient (Wildman–Crippen LogP) is 2.12. The SMILES string of the molecule is C1=C2CCC23CC3C1. The monoisotopic (exact) mass is 106 g/mol. The van der Waals surface area contributed by atoms with Crippen molar-refractivity contribution in [3.63, 3.8) is 0 Å². The number of allylic oxidation sites excluding steroid dienone is 2. The summed E-state index contributed by atoms with van der Waals surface area (Å²) in [6.07, 6.45) is 8.44. The molecule has 3 rings (SSSR count). The quantitative estimate of drug-likeness (QED) is 0.415. The van der Waals surface area contributed by atoms with Crippen LogP contribution in [0.1, 0.15) is 25.7 Å². The van der Waals surface area contributed by atoms with Crippen molar-refractivity contribution in [2.45, 2.75) is 25.7 Å². The molecule has 2 fully saturated rings. The van der Waals surface area contributed by atoms with Gasteiger partial charge in [0.05, 0.1) is 0 Å². The van der Waals surface area contributed by atoms with E-state index in [1.165, 1.54) is 19.3 Å². The molecule has 42 valence electrons. The van der Waals surface area contributed by atoms with Crippen LogP contribution in [0, 0.1) is 11.3 Å². The van der Waals surface area contributed by atoms with Crippen molar-refractivity contribution in [3.05, 3.63) is 11.6 Å². The van der Waals surface area contributed by atoms with Crippen molar-refractivity contribution >= 4 is 0 Å². The highest BCUT2D eigenvalue weighted by molar-refractivity contribution is 5.38. The maximum atomic E-state index is 2.48. The molecule has 0 N–H and O–H groups in total. The second kappa shape index (κ2) is 0.792. The minimum absolute atomic E-state index is 0.861. The largest absolute Gasteiger partial charge is 0.0845 e. The van der Waals surface area contributed by atoms with Crippen LogP contribution in [0.2, 0.25) is 0 Å². The number of hydrogen-bond donors (Lipinski definition) is 0. The molecule has 0 aromatic heterocycles. The van der Waals surface area contributed by atoms with Gasteiger partial charge in [-0.2, -0.15) is 0 Å². The van der Waals surface area contributed by atoms with Gasteiger partial charge in [-0.25, -0.2) is 0 Å². The normalized spacial score (nSPS) is 56.0. The van der Waals surface area contributed by atoms with Crippen LogP contribution in [0.25, 0.3) is 0 Å². The molecule has 0 heterocycles. The van der Waals surface area contributed by atoms with E-state index in [1.807, 2.05) is 5.57 Å². The van der Waals surface area contributed by atoms with E-state index in [-0.39, 0.29) is 0 Å². The first-order valence-electron chi connectivity index (χ1n) is 3.61. The van der Waals surface area contributed by atoms with Crippen LogP contribution in [-0.2, 0) is 0 Å². The van der Waals surface area contributed by atoms with E-state index >= 15 is 0 Å². The molecule has 0 aromatic rings. The van der Waals surface area contributed by atoms with E-state index in [4.69, 9.17) is 0 Å². The van der Waals surface area contributed by atoms with Gasteiger partial charge >= 0.3 is 0 Å². The fraction of sp³-hybridized carbons (Fsp3) is 0.750. The van der Waals surface area contributed by atoms with Gasteiger partial charge in [0.2, 0.25) is 0 Å². The van der Waals surface area contributed by atoms with Crippen molar-refractivity contribution in [1.82, 2.24) is 0 Å². The molecule has 0 radical (unpaired) electrons. The molecule has 0 aliphatic heterocycles. The summed E-state index contributed by atoms with van der Waals surface area (Å²) < 4.78 is 0. The molecular weight excluding hydrogens is 96.1 g/mol. The molecule has 0 aromatic carbocycles. The minimum Gasteiger partial charge on any atom is -0.0845 e. The second-order valence-electron chi connectivity index (χ2n) is 3.52. The van der Waals surface area contributed by atoms with Crippen molar-refractivity contribution in [1.29, 1.82) is 0 Å². The summed E-state index contributed by atoms with van der Waals surface area (Å²) >= 11 is 0. The van der Waals surface area contributed by atoms with Crippen LogP contribution in [0.15, 0.2) is 11.6 Å². The van der Waals surface area contributed by atoms with Crippen molar-refractivity contribution < 1.29 is 0 Å². The lowest BCUT2D eigenvalue weighted by Gasteiger charge is -2.27. The van der Waals surface area contributed by atoms with Gasteiger partial charge in [0.25, 0.3) is 0 Å². The van der Waals surface area contributed by atoms with Crippen LogP contribution in [0.4, 0.5) is 0 Å². The van der Waals surface area contributed by atoms with Crippen LogP contribution < -0.4 is 0 Å². The smallest absolute Gasteiger partial charge is 0.00505 e. The van der Waals surface area contributed by atoms with Gasteiger partial charge in [-0.05, 0) is 37.0 Å². The van der Waals surface area contributed by atoms with E-state index < -0.39 is 0 Å². The third kappa shape index (κ3) is 0.195. The standard InChI is InChI=1S/C8H10/c1-2-7-5-8(7)4-3-6(1)8/h1,7H,2-5H2. The van der Waals surface area contributed by atoms with Gasteiger partial charge in [0.15, 0.2) is 0 Å². The first-order chi connectivity index (χ1) is 3.92. The van der Waals surface area contributed by atoms with Crippen LogP contribution in [-0.4, -0.2) is 0 Å². The molecule has 1 spiro atoms. The van der Waals surface area contributed by atoms with Crippen LogP contribution >= 0.6 is 0 Å². The van der Waals surface area contributed by atoms with Crippen LogP contribution in [0.5, 0.6) is 0 Å². The Morgan fingerprint density at radius 1 is 1.62 bits per heavy atom. The molecule has 0 saturated heterocycles. The lowest BCUT2D eigenvalue weighted by molar-refractivity contribution is 0.406. The third-order valence-corrected chi connectivity index (χ3v) is 3.36. The lowest BCUT2D eigenvalue weighted by atomic mass is 9.77. The fourth-order valence-electron chi connectivity index (χ4n) is 2.57. The molecule has 0 heteroatoms. The van der Waals surface area contributed by atoms with Crippen molar-refractivity contribution in [2.75, 3.05) is 0 Å². The van der Waals surface area contributed by atoms with E-state index in [1.54, 1.807) is 6.42 Å². The zero-order valence-electron chi connectivity index (χ0n) is 4.98. The highest BCUT2D eigenvalue weighted by atomic mass is 14.7. The number of rotatable bonds is 0. The molecule has 2 unspecified atom stereocenters. The first-order valence-corrected chi connectivity index (χ1v) is 3.61. The maximum Gasteiger partial charge on any atom is -0.00505 e. The second-order valence-corrected chi connectivity index (χ2v) is 3.52. The van der Waals surface area contributed by atoms with Gasteiger partial charge in [-0.3, -0.25) is 0 Å². The number of hydrogen-bond acceptors (Lipinski definition) is 0. The Labute approximate surface area is 49.6 Å². The Bertz CT molecular complexity index is 174. The molecule has 3 aliphatic rings. The summed E-state index contributed by atoms with van der Waals surface area (Å²) in [5.41, 5.74) is 2.68. The highest BCUT2D eigenvalue weighted by Gasteiger charge is 2.62. The van der Waals surface area contributed by atoms with E-state index in [0.717, 1.165) is 11.3 Å². The zero-order valence-corrected chi connectivity index (χ0v) is 4.98. The molecule has 2 saturated carbocycles. The summed E-state index contributed by atoms with van der Waals surface area (Å²) in [6.45, 7) is 0. The molecule has 0 amide bonds. The third-order valence-electron chi connectivity index (χ3n) is 3.36. The molecule has 8 heavy (non-hydrogen) atoms. The highest BCUT2D eigenvalue weighted by Crippen LogP contribution is 2.73. The summed E-state index contributed by atoms with van der Waals surface area (Å²) in [7, 11) is 0. The van der Waals surface area contributed by atoms with Gasteiger partial charge in [0, 0.05) is 0 Å². The summed E-state index contributed by atoms with van der Waals surface area (Å²) in [5, 5.41) is 0. The summed E-state index contributed by atoms with van der Waals surface area (Å²) in [6, 6.07) is 0. The van der Waals surface area contributed by atoms with E-state index in [2.05, 4.69) is 6.08 Å². The molecule has 2 atom stereocenters. The minimum atomic E-state index is 0.861. The predicted molar refractivity (Wildman–Crippen MR) is 32.5 cm³/mol. The average Bonchev–Trinajstić information content (AvgIpc) is 2.36. The van der Waals surface area contributed by atoms with E-state index in [9.17, 15) is 0 Å². The Morgan fingerprint density at radius 3 is 2.88 bits per heavy atom. The average molecular weight is 106 g/mol. The molecule has 0 bridgehead atoms. The summed E-state index contributed by atoms with van der Waals surface area (Å²) in [4.78, 5) is 0. The van der Waals surface area contributed by atoms with Crippen molar-refractivity contribution in [3.8, 4) is 0 Å². The zero-order chi connectivity index (χ0) is 5.19. The molecular formula is C8H10. The maximum absolute atomic E-state index is 2.48. The van der Waals surface area contributed by atoms with Crippen molar-refractivity contribution in [2.24, 2.45) is 11.3 Å². The lowest BCUT2D eigenvalue weighted by Crippen LogP contribution is -2.15. The Balaban J connectivity index is 2.16. The Kier molecular flexibility index (Phi) is 0.367. The Hall–Kier alpha value is -0.260. The first kappa shape index (κ1) is 3.71. The Morgan fingerprint density at radius 2 is 2.62 bits per heavy atom. The fourth-order valence-corrected chi connectivity index (χ4v) is 2.57. The van der Waals surface area contributed by atoms with Gasteiger partial charge < -0.3 is 0 Å². The van der Waals surface area contributed by atoms with Gasteiger partial charge in [-0.15, -0.1) is 0 Å². The molecule has 0 nitrogen and oxygen atoms in total. The van der Waals surface area contributed by atoms with Gasteiger partial charge in [-0.1, -0.05) is 11.6 Å². The summed E-state index contributed by atoms with van der Waals surface area (Å²) in [5.74, 6) is 1.13.